The van der Waals surface area contributed by atoms with Crippen molar-refractivity contribution in [1.82, 2.24) is 15.3 Å². The highest BCUT2D eigenvalue weighted by atomic mass is 16.6. The third-order valence-electron chi connectivity index (χ3n) is 4.01. The number of hydrogen-bond donors (Lipinski definition) is 1. The Morgan fingerprint density at radius 1 is 1.20 bits per heavy atom. The number of hydrazone groups is 1. The highest BCUT2D eigenvalue weighted by Crippen LogP contribution is 2.12. The van der Waals surface area contributed by atoms with Gasteiger partial charge in [-0.1, -0.05) is 24.3 Å². The van der Waals surface area contributed by atoms with Crippen LogP contribution in [0.1, 0.15) is 30.3 Å². The van der Waals surface area contributed by atoms with Crippen LogP contribution in [0.5, 0.6) is 0 Å². The van der Waals surface area contributed by atoms with E-state index in [1.54, 1.807) is 17.9 Å². The van der Waals surface area contributed by atoms with Gasteiger partial charge in [-0.05, 0) is 19.1 Å². The number of amides is 2. The molecule has 2 amide bonds. The molecule has 7 nitrogen and oxygen atoms in total. The number of piperidine rings is 1. The third kappa shape index (κ3) is 4.12. The maximum absolute atomic E-state index is 12.2. The molecule has 2 aromatic rings. The van der Waals surface area contributed by atoms with Gasteiger partial charge in [0.1, 0.15) is 5.69 Å². The summed E-state index contributed by atoms with van der Waals surface area (Å²) in [4.78, 5) is 29.9. The number of nitrogens with one attached hydrogen (secondary N) is 1. The number of fused-ring (bicyclic) bond motifs is 1. The highest BCUT2D eigenvalue weighted by Gasteiger charge is 2.20. The van der Waals surface area contributed by atoms with Gasteiger partial charge in [0.25, 0.3) is 5.91 Å². The lowest BCUT2D eigenvalue weighted by Crippen LogP contribution is -2.39. The van der Waals surface area contributed by atoms with Crippen LogP contribution in [-0.4, -0.2) is 47.3 Å². The number of carbonyl (C=O) groups excluding carboxylic acids is 2. The van der Waals surface area contributed by atoms with Gasteiger partial charge in [0.2, 0.25) is 0 Å². The first-order valence-electron chi connectivity index (χ1n) is 8.30. The van der Waals surface area contributed by atoms with Gasteiger partial charge in [-0.3, -0.25) is 4.79 Å². The largest absolute Gasteiger partial charge is 0.450 e. The second kappa shape index (κ2) is 7.74. The van der Waals surface area contributed by atoms with Crippen LogP contribution in [0.25, 0.3) is 10.9 Å². The fourth-order valence-corrected chi connectivity index (χ4v) is 2.65. The number of rotatable bonds is 3. The van der Waals surface area contributed by atoms with E-state index in [1.165, 1.54) is 0 Å². The Morgan fingerprint density at radius 2 is 1.96 bits per heavy atom. The maximum atomic E-state index is 12.2. The summed E-state index contributed by atoms with van der Waals surface area (Å²) in [5.41, 5.74) is 4.51. The van der Waals surface area contributed by atoms with Crippen LogP contribution < -0.4 is 5.43 Å². The van der Waals surface area contributed by atoms with Gasteiger partial charge >= 0.3 is 6.09 Å². The van der Waals surface area contributed by atoms with Crippen LogP contribution >= 0.6 is 0 Å². The van der Waals surface area contributed by atoms with E-state index in [2.05, 4.69) is 15.5 Å². The van der Waals surface area contributed by atoms with E-state index >= 15 is 0 Å². The first kappa shape index (κ1) is 16.9. The number of para-hydroxylation sites is 1. The number of likely N-dealkylation sites (tertiary alicyclic amines) is 1. The van der Waals surface area contributed by atoms with Crippen molar-refractivity contribution in [2.45, 2.75) is 19.8 Å². The predicted octanol–water partition coefficient (Wildman–Crippen LogP) is 2.57. The molecule has 1 fully saturated rings. The fraction of sp³-hybridized carbons (Fsp3) is 0.333. The van der Waals surface area contributed by atoms with Crippen LogP contribution in [0.15, 0.2) is 41.5 Å². The molecule has 1 saturated heterocycles. The van der Waals surface area contributed by atoms with E-state index < -0.39 is 0 Å². The van der Waals surface area contributed by atoms with E-state index in [1.807, 2.05) is 30.3 Å². The molecule has 0 radical (unpaired) electrons. The average molecular weight is 340 g/mol. The molecule has 0 saturated carbocycles. The Kier molecular flexibility index (Phi) is 5.23. The van der Waals surface area contributed by atoms with Gasteiger partial charge in [-0.15, -0.1) is 0 Å². The van der Waals surface area contributed by atoms with E-state index in [4.69, 9.17) is 4.74 Å². The average Bonchev–Trinajstić information content (AvgIpc) is 2.66. The van der Waals surface area contributed by atoms with Crippen molar-refractivity contribution in [3.8, 4) is 0 Å². The molecular weight excluding hydrogens is 320 g/mol. The quantitative estimate of drug-likeness (QED) is 0.871. The van der Waals surface area contributed by atoms with E-state index in [-0.39, 0.29) is 12.0 Å². The minimum Gasteiger partial charge on any atom is -0.450 e. The molecule has 1 aliphatic heterocycles. The number of hydrogen-bond acceptors (Lipinski definition) is 5. The standard InChI is InChI=1S/C18H20N4O3/c1-2-25-18(24)22-11-9-14(10-12-22)20-21-17(23)16-8-7-13-5-3-4-6-15(13)19-16/h3-8H,2,9-12H2,1H3,(H,21,23). The second-order valence-electron chi connectivity index (χ2n) is 5.69. The van der Waals surface area contributed by atoms with E-state index in [9.17, 15) is 9.59 Å². The zero-order chi connectivity index (χ0) is 17.6. The number of carbonyl (C=O) groups is 2. The van der Waals surface area contributed by atoms with Crippen LogP contribution in [-0.2, 0) is 4.74 Å². The summed E-state index contributed by atoms with van der Waals surface area (Å²) in [6.45, 7) is 3.24. The van der Waals surface area contributed by atoms with Gasteiger partial charge in [0, 0.05) is 37.0 Å². The summed E-state index contributed by atoms with van der Waals surface area (Å²) >= 11 is 0. The van der Waals surface area contributed by atoms with Gasteiger partial charge in [-0.25, -0.2) is 15.2 Å². The highest BCUT2D eigenvalue weighted by molar-refractivity contribution is 5.96. The Labute approximate surface area is 145 Å². The van der Waals surface area contributed by atoms with Crippen molar-refractivity contribution < 1.29 is 14.3 Å². The molecule has 25 heavy (non-hydrogen) atoms. The topological polar surface area (TPSA) is 83.9 Å². The van der Waals surface area contributed by atoms with Crippen LogP contribution in [0.3, 0.4) is 0 Å². The summed E-state index contributed by atoms with van der Waals surface area (Å²) in [7, 11) is 0. The summed E-state index contributed by atoms with van der Waals surface area (Å²) in [5.74, 6) is -0.342. The Morgan fingerprint density at radius 3 is 2.72 bits per heavy atom. The second-order valence-corrected chi connectivity index (χ2v) is 5.69. The molecule has 0 unspecified atom stereocenters. The van der Waals surface area contributed by atoms with Crippen molar-refractivity contribution in [2.24, 2.45) is 5.10 Å². The van der Waals surface area contributed by atoms with Crippen molar-refractivity contribution in [1.29, 1.82) is 0 Å². The molecule has 0 spiro atoms. The number of aromatic nitrogens is 1. The molecule has 2 heterocycles. The van der Waals surface area contributed by atoms with E-state index in [0.29, 0.717) is 38.2 Å². The number of pyridine rings is 1. The van der Waals surface area contributed by atoms with Crippen LogP contribution in [0.4, 0.5) is 4.79 Å². The number of benzene rings is 1. The lowest BCUT2D eigenvalue weighted by molar-refractivity contribution is 0.0947. The minimum atomic E-state index is -0.342. The Bertz CT molecular complexity index is 809. The zero-order valence-electron chi connectivity index (χ0n) is 14.1. The molecule has 0 bridgehead atoms. The van der Waals surface area contributed by atoms with Gasteiger partial charge in [-0.2, -0.15) is 5.10 Å². The van der Waals surface area contributed by atoms with Gasteiger partial charge < -0.3 is 9.64 Å². The third-order valence-corrected chi connectivity index (χ3v) is 4.01. The first-order valence-corrected chi connectivity index (χ1v) is 8.30. The summed E-state index contributed by atoms with van der Waals surface area (Å²) in [6, 6.07) is 11.2. The minimum absolute atomic E-state index is 0.300. The van der Waals surface area contributed by atoms with Crippen molar-refractivity contribution >= 4 is 28.6 Å². The smallest absolute Gasteiger partial charge is 0.409 e. The van der Waals surface area contributed by atoms with Crippen LogP contribution in [0.2, 0.25) is 0 Å². The monoisotopic (exact) mass is 340 g/mol. The predicted molar refractivity (Wildman–Crippen MR) is 94.5 cm³/mol. The molecular formula is C18H20N4O3. The fourth-order valence-electron chi connectivity index (χ4n) is 2.65. The van der Waals surface area contributed by atoms with Crippen LogP contribution in [0, 0.1) is 0 Å². The lowest BCUT2D eigenvalue weighted by Gasteiger charge is -2.26. The first-order chi connectivity index (χ1) is 12.2. The maximum Gasteiger partial charge on any atom is 0.409 e. The number of ether oxygens (including phenoxy) is 1. The summed E-state index contributed by atoms with van der Waals surface area (Å²) in [5, 5.41) is 5.16. The molecule has 7 heteroatoms. The van der Waals surface area contributed by atoms with E-state index in [0.717, 1.165) is 16.6 Å². The van der Waals surface area contributed by atoms with Crippen molar-refractivity contribution in [3.05, 3.63) is 42.1 Å². The normalized spacial score (nSPS) is 14.3. The summed E-state index contributed by atoms with van der Waals surface area (Å²) < 4.78 is 4.98. The molecule has 1 N–H and O–H groups in total. The van der Waals surface area contributed by atoms with Gasteiger partial charge in [0.15, 0.2) is 0 Å². The van der Waals surface area contributed by atoms with Crippen molar-refractivity contribution in [3.63, 3.8) is 0 Å². The van der Waals surface area contributed by atoms with Crippen molar-refractivity contribution in [2.75, 3.05) is 19.7 Å². The summed E-state index contributed by atoms with van der Waals surface area (Å²) in [6.07, 6.45) is 0.931. The molecule has 1 aromatic carbocycles. The molecule has 3 rings (SSSR count). The SMILES string of the molecule is CCOC(=O)N1CCC(=NNC(=O)c2ccc3ccccc3n2)CC1. The molecule has 1 aromatic heterocycles. The molecule has 0 atom stereocenters. The molecule has 1 aliphatic rings. The zero-order valence-corrected chi connectivity index (χ0v) is 14.1. The Hall–Kier alpha value is -2.96. The lowest BCUT2D eigenvalue weighted by atomic mass is 10.1. The van der Waals surface area contributed by atoms with Gasteiger partial charge in [0.05, 0.1) is 12.1 Å². The Balaban J connectivity index is 1.58. The molecule has 130 valence electrons. The molecule has 0 aliphatic carbocycles. The number of nitrogens with zero attached hydrogens (tertiary/aromatic N) is 3.